The Morgan fingerprint density at radius 2 is 2.35 bits per heavy atom. The van der Waals surface area contributed by atoms with Gasteiger partial charge in [0.2, 0.25) is 5.91 Å². The van der Waals surface area contributed by atoms with Gasteiger partial charge in [0.25, 0.3) is 0 Å². The smallest absolute Gasteiger partial charge is 0.224 e. The first kappa shape index (κ1) is 12.1. The van der Waals surface area contributed by atoms with Gasteiger partial charge >= 0.3 is 0 Å². The van der Waals surface area contributed by atoms with Gasteiger partial charge in [-0.05, 0) is 18.8 Å². The maximum absolute atomic E-state index is 11.2. The van der Waals surface area contributed by atoms with E-state index < -0.39 is 0 Å². The van der Waals surface area contributed by atoms with Crippen molar-refractivity contribution in [3.05, 3.63) is 12.4 Å². The molecule has 1 aliphatic heterocycles. The summed E-state index contributed by atoms with van der Waals surface area (Å²) < 4.78 is 7.23. The molecule has 17 heavy (non-hydrogen) atoms. The van der Waals surface area contributed by atoms with Gasteiger partial charge in [-0.2, -0.15) is 5.10 Å². The van der Waals surface area contributed by atoms with Crippen LogP contribution in [0, 0.1) is 5.92 Å². The van der Waals surface area contributed by atoms with Gasteiger partial charge < -0.3 is 10.1 Å². The molecule has 0 aliphatic carbocycles. The third-order valence-electron chi connectivity index (χ3n) is 3.02. The average Bonchev–Trinajstić information content (AvgIpc) is 2.77. The van der Waals surface area contributed by atoms with Crippen LogP contribution in [0.1, 0.15) is 26.2 Å². The lowest BCUT2D eigenvalue weighted by atomic mass is 10.0. The van der Waals surface area contributed by atoms with Gasteiger partial charge in [-0.3, -0.25) is 9.48 Å². The van der Waals surface area contributed by atoms with E-state index in [0.717, 1.165) is 38.3 Å². The highest BCUT2D eigenvalue weighted by Gasteiger charge is 2.14. The fourth-order valence-electron chi connectivity index (χ4n) is 1.97. The minimum absolute atomic E-state index is 0.0237. The lowest BCUT2D eigenvalue weighted by molar-refractivity contribution is -0.115. The largest absolute Gasteiger partial charge is 0.381 e. The second kappa shape index (κ2) is 5.82. The van der Waals surface area contributed by atoms with E-state index in [0.29, 0.717) is 12.3 Å². The minimum atomic E-state index is 0.0237. The summed E-state index contributed by atoms with van der Waals surface area (Å²) in [4.78, 5) is 11.2. The molecule has 0 bridgehead atoms. The maximum Gasteiger partial charge on any atom is 0.224 e. The fourth-order valence-corrected chi connectivity index (χ4v) is 1.97. The van der Waals surface area contributed by atoms with Crippen LogP contribution in [0.15, 0.2) is 12.4 Å². The van der Waals surface area contributed by atoms with Crippen molar-refractivity contribution >= 4 is 11.6 Å². The molecule has 0 saturated carbocycles. The van der Waals surface area contributed by atoms with E-state index in [2.05, 4.69) is 10.4 Å². The zero-order valence-corrected chi connectivity index (χ0v) is 10.2. The van der Waals surface area contributed by atoms with Crippen LogP contribution in [-0.2, 0) is 16.1 Å². The maximum atomic E-state index is 11.2. The summed E-state index contributed by atoms with van der Waals surface area (Å²) in [5.41, 5.74) is 0.781. The van der Waals surface area contributed by atoms with Crippen LogP contribution in [0.25, 0.3) is 0 Å². The standard InChI is InChI=1S/C12H19N3O2/c1-2-12(16)14-11-7-13-15(9-11)8-10-3-5-17-6-4-10/h7,9-10H,2-6,8H2,1H3,(H,14,16). The number of aromatic nitrogens is 2. The van der Waals surface area contributed by atoms with E-state index in [1.165, 1.54) is 0 Å². The SMILES string of the molecule is CCC(=O)Nc1cnn(CC2CCOCC2)c1. The quantitative estimate of drug-likeness (QED) is 0.866. The van der Waals surface area contributed by atoms with Crippen molar-refractivity contribution in [2.75, 3.05) is 18.5 Å². The number of hydrogen-bond donors (Lipinski definition) is 1. The highest BCUT2D eigenvalue weighted by atomic mass is 16.5. The van der Waals surface area contributed by atoms with Crippen molar-refractivity contribution in [2.45, 2.75) is 32.7 Å². The zero-order valence-electron chi connectivity index (χ0n) is 10.2. The Labute approximate surface area is 101 Å². The van der Waals surface area contributed by atoms with E-state index >= 15 is 0 Å². The molecule has 1 fully saturated rings. The Balaban J connectivity index is 1.86. The molecule has 0 spiro atoms. The van der Waals surface area contributed by atoms with Crippen molar-refractivity contribution in [1.29, 1.82) is 0 Å². The Kier molecular flexibility index (Phi) is 4.14. The van der Waals surface area contributed by atoms with Gasteiger partial charge in [-0.1, -0.05) is 6.92 Å². The predicted octanol–water partition coefficient (Wildman–Crippen LogP) is 1.66. The molecule has 1 aromatic rings. The molecule has 5 heteroatoms. The van der Waals surface area contributed by atoms with Crippen molar-refractivity contribution < 1.29 is 9.53 Å². The molecule has 1 aromatic heterocycles. The van der Waals surface area contributed by atoms with Crippen LogP contribution in [0.5, 0.6) is 0 Å². The monoisotopic (exact) mass is 237 g/mol. The van der Waals surface area contributed by atoms with E-state index in [9.17, 15) is 4.79 Å². The Morgan fingerprint density at radius 3 is 3.06 bits per heavy atom. The van der Waals surface area contributed by atoms with Crippen LogP contribution in [0.2, 0.25) is 0 Å². The predicted molar refractivity (Wildman–Crippen MR) is 64.7 cm³/mol. The molecule has 1 N–H and O–H groups in total. The molecule has 0 atom stereocenters. The second-order valence-electron chi connectivity index (χ2n) is 4.41. The molecular formula is C12H19N3O2. The first-order valence-corrected chi connectivity index (χ1v) is 6.18. The minimum Gasteiger partial charge on any atom is -0.381 e. The number of nitrogens with zero attached hydrogens (tertiary/aromatic N) is 2. The summed E-state index contributed by atoms with van der Waals surface area (Å²) in [6.07, 6.45) is 6.27. The number of carbonyl (C=O) groups excluding carboxylic acids is 1. The van der Waals surface area contributed by atoms with Gasteiger partial charge in [0.1, 0.15) is 0 Å². The molecule has 94 valence electrons. The van der Waals surface area contributed by atoms with Crippen LogP contribution in [0.3, 0.4) is 0 Å². The third-order valence-corrected chi connectivity index (χ3v) is 3.02. The van der Waals surface area contributed by atoms with Crippen LogP contribution in [0.4, 0.5) is 5.69 Å². The van der Waals surface area contributed by atoms with Crippen molar-refractivity contribution in [2.24, 2.45) is 5.92 Å². The van der Waals surface area contributed by atoms with Gasteiger partial charge in [0, 0.05) is 32.4 Å². The molecule has 0 unspecified atom stereocenters. The molecule has 5 nitrogen and oxygen atoms in total. The highest BCUT2D eigenvalue weighted by molar-refractivity contribution is 5.90. The molecule has 1 amide bonds. The molecular weight excluding hydrogens is 218 g/mol. The van der Waals surface area contributed by atoms with E-state index in [-0.39, 0.29) is 5.91 Å². The number of rotatable bonds is 4. The number of carbonyl (C=O) groups is 1. The first-order chi connectivity index (χ1) is 8.28. The number of hydrogen-bond acceptors (Lipinski definition) is 3. The summed E-state index contributed by atoms with van der Waals surface area (Å²) in [5, 5.41) is 7.06. The summed E-state index contributed by atoms with van der Waals surface area (Å²) >= 11 is 0. The first-order valence-electron chi connectivity index (χ1n) is 6.18. The second-order valence-corrected chi connectivity index (χ2v) is 4.41. The van der Waals surface area contributed by atoms with Crippen molar-refractivity contribution in [3.63, 3.8) is 0 Å². The topological polar surface area (TPSA) is 56.2 Å². The third kappa shape index (κ3) is 3.56. The molecule has 1 saturated heterocycles. The Bertz CT molecular complexity index is 370. The number of ether oxygens (including phenoxy) is 1. The summed E-state index contributed by atoms with van der Waals surface area (Å²) in [7, 11) is 0. The van der Waals surface area contributed by atoms with Crippen molar-refractivity contribution in [3.8, 4) is 0 Å². The van der Waals surface area contributed by atoms with Gasteiger partial charge in [-0.25, -0.2) is 0 Å². The van der Waals surface area contributed by atoms with Gasteiger partial charge in [0.05, 0.1) is 11.9 Å². The van der Waals surface area contributed by atoms with Crippen LogP contribution in [-0.4, -0.2) is 28.9 Å². The van der Waals surface area contributed by atoms with E-state index in [1.807, 2.05) is 17.8 Å². The Hall–Kier alpha value is -1.36. The molecule has 2 rings (SSSR count). The van der Waals surface area contributed by atoms with Crippen LogP contribution < -0.4 is 5.32 Å². The Morgan fingerprint density at radius 1 is 1.59 bits per heavy atom. The average molecular weight is 237 g/mol. The normalized spacial score (nSPS) is 17.0. The van der Waals surface area contributed by atoms with Gasteiger partial charge in [-0.15, -0.1) is 0 Å². The van der Waals surface area contributed by atoms with E-state index in [4.69, 9.17) is 4.74 Å². The lowest BCUT2D eigenvalue weighted by Crippen LogP contribution is -2.20. The number of amides is 1. The molecule has 2 heterocycles. The number of anilines is 1. The summed E-state index contributed by atoms with van der Waals surface area (Å²) in [6.45, 7) is 4.45. The van der Waals surface area contributed by atoms with Crippen molar-refractivity contribution in [1.82, 2.24) is 9.78 Å². The summed E-state index contributed by atoms with van der Waals surface area (Å²) in [5.74, 6) is 0.661. The summed E-state index contributed by atoms with van der Waals surface area (Å²) in [6, 6.07) is 0. The zero-order chi connectivity index (χ0) is 12.1. The number of nitrogens with one attached hydrogen (secondary N) is 1. The van der Waals surface area contributed by atoms with E-state index in [1.54, 1.807) is 6.20 Å². The molecule has 1 aliphatic rings. The highest BCUT2D eigenvalue weighted by Crippen LogP contribution is 2.17. The fraction of sp³-hybridized carbons (Fsp3) is 0.667. The molecule has 0 aromatic carbocycles. The van der Waals surface area contributed by atoms with Gasteiger partial charge in [0.15, 0.2) is 0 Å². The molecule has 0 radical (unpaired) electrons. The van der Waals surface area contributed by atoms with Crippen LogP contribution >= 0.6 is 0 Å². The lowest BCUT2D eigenvalue weighted by Gasteiger charge is -2.21.